The lowest BCUT2D eigenvalue weighted by Gasteiger charge is -2.12. The molecule has 2 aromatic carbocycles. The summed E-state index contributed by atoms with van der Waals surface area (Å²) in [4.78, 5) is 11.9. The minimum Gasteiger partial charge on any atom is -0.356 e. The molecule has 0 fully saturated rings. The largest absolute Gasteiger partial charge is 0.356 e. The summed E-state index contributed by atoms with van der Waals surface area (Å²) < 4.78 is 0. The van der Waals surface area contributed by atoms with E-state index in [-0.39, 0.29) is 5.91 Å². The second-order valence-corrected chi connectivity index (χ2v) is 5.62. The highest BCUT2D eigenvalue weighted by molar-refractivity contribution is 5.78. The minimum absolute atomic E-state index is 0.0980. The van der Waals surface area contributed by atoms with Gasteiger partial charge >= 0.3 is 0 Å². The second kappa shape index (κ2) is 7.63. The molecule has 21 heavy (non-hydrogen) atoms. The van der Waals surface area contributed by atoms with Gasteiger partial charge < -0.3 is 5.32 Å². The lowest BCUT2D eigenvalue weighted by molar-refractivity contribution is -0.120. The standard InChI is InChI=1S/C19H23NO/c1-15-7-6-8-17(13-15)14-19(21)20-12-11-16(2)18-9-4-3-5-10-18/h3-10,13,16H,11-12,14H2,1-2H3,(H,20,21). The minimum atomic E-state index is 0.0980. The summed E-state index contributed by atoms with van der Waals surface area (Å²) in [5, 5.41) is 3.01. The third-order valence-corrected chi connectivity index (χ3v) is 3.72. The van der Waals surface area contributed by atoms with Gasteiger partial charge in [-0.25, -0.2) is 0 Å². The topological polar surface area (TPSA) is 29.1 Å². The lowest BCUT2D eigenvalue weighted by Crippen LogP contribution is -2.26. The molecule has 0 heterocycles. The summed E-state index contributed by atoms with van der Waals surface area (Å²) in [5.41, 5.74) is 3.59. The molecule has 0 aliphatic carbocycles. The normalized spacial score (nSPS) is 11.9. The van der Waals surface area contributed by atoms with Crippen molar-refractivity contribution < 1.29 is 4.79 Å². The number of carbonyl (C=O) groups is 1. The summed E-state index contributed by atoms with van der Waals surface area (Å²) in [6.07, 6.45) is 1.42. The molecule has 0 aliphatic heterocycles. The van der Waals surface area contributed by atoms with Gasteiger partial charge in [0, 0.05) is 6.54 Å². The first-order chi connectivity index (χ1) is 10.1. The molecule has 1 unspecified atom stereocenters. The van der Waals surface area contributed by atoms with E-state index in [1.807, 2.05) is 31.2 Å². The number of hydrogen-bond acceptors (Lipinski definition) is 1. The zero-order valence-corrected chi connectivity index (χ0v) is 12.8. The zero-order valence-electron chi connectivity index (χ0n) is 12.8. The van der Waals surface area contributed by atoms with Crippen LogP contribution >= 0.6 is 0 Å². The summed E-state index contributed by atoms with van der Waals surface area (Å²) in [6, 6.07) is 18.5. The highest BCUT2D eigenvalue weighted by atomic mass is 16.1. The molecular formula is C19H23NO. The Bertz CT molecular complexity index is 577. The van der Waals surface area contributed by atoms with Crippen molar-refractivity contribution in [3.63, 3.8) is 0 Å². The van der Waals surface area contributed by atoms with Gasteiger partial charge in [0.2, 0.25) is 5.91 Å². The van der Waals surface area contributed by atoms with E-state index >= 15 is 0 Å². The van der Waals surface area contributed by atoms with E-state index in [0.29, 0.717) is 12.3 Å². The van der Waals surface area contributed by atoms with Gasteiger partial charge in [0.25, 0.3) is 0 Å². The molecule has 2 nitrogen and oxygen atoms in total. The summed E-state index contributed by atoms with van der Waals surface area (Å²) in [6.45, 7) is 4.96. The first-order valence-electron chi connectivity index (χ1n) is 7.52. The molecule has 0 bridgehead atoms. The van der Waals surface area contributed by atoms with Gasteiger partial charge in [0.15, 0.2) is 0 Å². The maximum Gasteiger partial charge on any atom is 0.224 e. The van der Waals surface area contributed by atoms with Crippen molar-refractivity contribution in [1.29, 1.82) is 0 Å². The van der Waals surface area contributed by atoms with Crippen molar-refractivity contribution in [3.8, 4) is 0 Å². The Hall–Kier alpha value is -2.09. The van der Waals surface area contributed by atoms with Gasteiger partial charge in [0.1, 0.15) is 0 Å². The van der Waals surface area contributed by atoms with Gasteiger partial charge in [0.05, 0.1) is 6.42 Å². The smallest absolute Gasteiger partial charge is 0.224 e. The van der Waals surface area contributed by atoms with E-state index in [1.165, 1.54) is 11.1 Å². The highest BCUT2D eigenvalue weighted by Crippen LogP contribution is 2.17. The fourth-order valence-electron chi connectivity index (χ4n) is 2.45. The summed E-state index contributed by atoms with van der Waals surface area (Å²) in [5.74, 6) is 0.561. The van der Waals surface area contributed by atoms with Crippen LogP contribution in [0.3, 0.4) is 0 Å². The third-order valence-electron chi connectivity index (χ3n) is 3.72. The molecule has 2 rings (SSSR count). The fraction of sp³-hybridized carbons (Fsp3) is 0.316. The van der Waals surface area contributed by atoms with Crippen LogP contribution in [0, 0.1) is 6.92 Å². The summed E-state index contributed by atoms with van der Waals surface area (Å²) in [7, 11) is 0. The molecule has 0 saturated carbocycles. The maximum absolute atomic E-state index is 11.9. The molecule has 0 spiro atoms. The molecule has 2 aromatic rings. The van der Waals surface area contributed by atoms with Crippen molar-refractivity contribution in [2.45, 2.75) is 32.6 Å². The Morgan fingerprint density at radius 1 is 1.10 bits per heavy atom. The molecule has 0 saturated heterocycles. The van der Waals surface area contributed by atoms with Crippen molar-refractivity contribution in [2.24, 2.45) is 0 Å². The number of nitrogens with one attached hydrogen (secondary N) is 1. The van der Waals surface area contributed by atoms with Crippen LogP contribution in [0.5, 0.6) is 0 Å². The number of rotatable bonds is 6. The van der Waals surface area contributed by atoms with Crippen LogP contribution in [0.4, 0.5) is 0 Å². The van der Waals surface area contributed by atoms with Crippen LogP contribution in [0.2, 0.25) is 0 Å². The van der Waals surface area contributed by atoms with E-state index in [9.17, 15) is 4.79 Å². The molecule has 110 valence electrons. The molecule has 1 N–H and O–H groups in total. The van der Waals surface area contributed by atoms with Crippen molar-refractivity contribution in [2.75, 3.05) is 6.54 Å². The van der Waals surface area contributed by atoms with Crippen LogP contribution < -0.4 is 5.32 Å². The van der Waals surface area contributed by atoms with Crippen molar-refractivity contribution in [1.82, 2.24) is 5.32 Å². The number of aryl methyl sites for hydroxylation is 1. The monoisotopic (exact) mass is 281 g/mol. The first kappa shape index (κ1) is 15.3. The van der Waals surface area contributed by atoms with Gasteiger partial charge in [-0.05, 0) is 30.4 Å². The van der Waals surface area contributed by atoms with Crippen LogP contribution in [0.15, 0.2) is 54.6 Å². The molecule has 0 radical (unpaired) electrons. The molecule has 0 aliphatic rings. The summed E-state index contributed by atoms with van der Waals surface area (Å²) >= 11 is 0. The maximum atomic E-state index is 11.9. The quantitative estimate of drug-likeness (QED) is 0.856. The van der Waals surface area contributed by atoms with E-state index in [1.54, 1.807) is 0 Å². The highest BCUT2D eigenvalue weighted by Gasteiger charge is 2.07. The van der Waals surface area contributed by atoms with Crippen LogP contribution in [0.25, 0.3) is 0 Å². The van der Waals surface area contributed by atoms with Gasteiger partial charge in [-0.15, -0.1) is 0 Å². The Balaban J connectivity index is 1.74. The van der Waals surface area contributed by atoms with Crippen molar-refractivity contribution in [3.05, 3.63) is 71.3 Å². The van der Waals surface area contributed by atoms with Gasteiger partial charge in [-0.1, -0.05) is 67.1 Å². The fourth-order valence-corrected chi connectivity index (χ4v) is 2.45. The number of carbonyl (C=O) groups excluding carboxylic acids is 1. The lowest BCUT2D eigenvalue weighted by atomic mass is 9.98. The van der Waals surface area contributed by atoms with Crippen LogP contribution in [0.1, 0.15) is 36.0 Å². The number of amides is 1. The molecule has 1 atom stereocenters. The second-order valence-electron chi connectivity index (χ2n) is 5.62. The van der Waals surface area contributed by atoms with Crippen molar-refractivity contribution >= 4 is 5.91 Å². The number of hydrogen-bond donors (Lipinski definition) is 1. The Morgan fingerprint density at radius 2 is 1.86 bits per heavy atom. The van der Waals surface area contributed by atoms with E-state index < -0.39 is 0 Å². The average molecular weight is 281 g/mol. The van der Waals surface area contributed by atoms with Crippen LogP contribution in [-0.2, 0) is 11.2 Å². The molecule has 1 amide bonds. The average Bonchev–Trinajstić information content (AvgIpc) is 2.48. The predicted octanol–water partition coefficient (Wildman–Crippen LogP) is 3.85. The molecular weight excluding hydrogens is 258 g/mol. The molecule has 2 heteroatoms. The first-order valence-corrected chi connectivity index (χ1v) is 7.52. The zero-order chi connectivity index (χ0) is 15.1. The molecule has 0 aromatic heterocycles. The van der Waals surface area contributed by atoms with Crippen LogP contribution in [-0.4, -0.2) is 12.5 Å². The van der Waals surface area contributed by atoms with E-state index in [0.717, 1.165) is 18.5 Å². The van der Waals surface area contributed by atoms with Gasteiger partial charge in [-0.3, -0.25) is 4.79 Å². The Morgan fingerprint density at radius 3 is 2.57 bits per heavy atom. The number of benzene rings is 2. The van der Waals surface area contributed by atoms with E-state index in [4.69, 9.17) is 0 Å². The Kier molecular flexibility index (Phi) is 5.56. The van der Waals surface area contributed by atoms with Gasteiger partial charge in [-0.2, -0.15) is 0 Å². The predicted molar refractivity (Wildman–Crippen MR) is 87.4 cm³/mol. The third kappa shape index (κ3) is 5.07. The SMILES string of the molecule is Cc1cccc(CC(=O)NCCC(C)c2ccccc2)c1. The Labute approximate surface area is 127 Å². The van der Waals surface area contributed by atoms with E-state index in [2.05, 4.69) is 42.6 Å².